The molecule has 1 unspecified atom stereocenters. The van der Waals surface area contributed by atoms with Crippen molar-refractivity contribution in [2.24, 2.45) is 5.92 Å². The Kier molecular flexibility index (Phi) is 8.54. The highest BCUT2D eigenvalue weighted by Crippen LogP contribution is 2.18. The molecule has 28 heavy (non-hydrogen) atoms. The Morgan fingerprint density at radius 3 is 2.46 bits per heavy atom. The van der Waals surface area contributed by atoms with Crippen molar-refractivity contribution in [3.8, 4) is 0 Å². The van der Waals surface area contributed by atoms with E-state index in [-0.39, 0.29) is 30.0 Å². The summed E-state index contributed by atoms with van der Waals surface area (Å²) in [5, 5.41) is 6.07. The van der Waals surface area contributed by atoms with Crippen molar-refractivity contribution >= 4 is 24.2 Å². The number of rotatable bonds is 7. The number of hydrogen-bond donors (Lipinski definition) is 2. The Labute approximate surface area is 172 Å². The van der Waals surface area contributed by atoms with Gasteiger partial charge in [-0.15, -0.1) is 12.4 Å². The minimum absolute atomic E-state index is 0. The Balaban J connectivity index is 0.00000280. The zero-order chi connectivity index (χ0) is 19.1. The van der Waals surface area contributed by atoms with Gasteiger partial charge in [-0.2, -0.15) is 0 Å². The summed E-state index contributed by atoms with van der Waals surface area (Å²) in [4.78, 5) is 27.5. The van der Waals surface area contributed by atoms with Crippen LogP contribution in [0.2, 0.25) is 0 Å². The number of carbonyl (C=O) groups excluding carboxylic acids is 2. The average molecular weight is 406 g/mol. The fourth-order valence-corrected chi connectivity index (χ4v) is 3.55. The number of halogens is 1. The molecule has 2 heterocycles. The smallest absolute Gasteiger partial charge is 0.287 e. The molecule has 2 amide bonds. The largest absolute Gasteiger partial charge is 0.459 e. The van der Waals surface area contributed by atoms with Gasteiger partial charge < -0.3 is 20.0 Å². The third kappa shape index (κ3) is 5.84. The van der Waals surface area contributed by atoms with Gasteiger partial charge in [-0.1, -0.05) is 30.3 Å². The molecule has 1 atom stereocenters. The van der Waals surface area contributed by atoms with Crippen LogP contribution in [-0.4, -0.2) is 49.4 Å². The molecule has 152 valence electrons. The molecule has 2 N–H and O–H groups in total. The summed E-state index contributed by atoms with van der Waals surface area (Å²) >= 11 is 0. The van der Waals surface area contributed by atoms with E-state index in [4.69, 9.17) is 4.42 Å². The van der Waals surface area contributed by atoms with Crippen molar-refractivity contribution in [3.05, 3.63) is 60.1 Å². The molecule has 0 aliphatic carbocycles. The number of carbonyl (C=O) groups is 2. The number of nitrogens with zero attached hydrogens (tertiary/aromatic N) is 1. The third-order valence-electron chi connectivity index (χ3n) is 5.05. The molecule has 1 aliphatic heterocycles. The highest BCUT2D eigenvalue weighted by atomic mass is 35.5. The summed E-state index contributed by atoms with van der Waals surface area (Å²) in [7, 11) is 1.96. The lowest BCUT2D eigenvalue weighted by molar-refractivity contribution is -0.134. The van der Waals surface area contributed by atoms with Crippen LogP contribution in [0, 0.1) is 5.92 Å². The van der Waals surface area contributed by atoms with Crippen LogP contribution in [0.15, 0.2) is 53.1 Å². The van der Waals surface area contributed by atoms with Crippen LogP contribution in [0.1, 0.15) is 29.0 Å². The van der Waals surface area contributed by atoms with E-state index in [9.17, 15) is 9.59 Å². The minimum atomic E-state index is -0.606. The zero-order valence-electron chi connectivity index (χ0n) is 16.1. The number of piperidine rings is 1. The van der Waals surface area contributed by atoms with Gasteiger partial charge in [0, 0.05) is 19.5 Å². The Hall–Kier alpha value is -2.31. The van der Waals surface area contributed by atoms with Crippen molar-refractivity contribution < 1.29 is 14.0 Å². The minimum Gasteiger partial charge on any atom is -0.459 e. The number of nitrogens with one attached hydrogen (secondary N) is 2. The summed E-state index contributed by atoms with van der Waals surface area (Å²) in [5.74, 6) is 0.430. The van der Waals surface area contributed by atoms with Gasteiger partial charge >= 0.3 is 0 Å². The van der Waals surface area contributed by atoms with Gasteiger partial charge in [-0.3, -0.25) is 9.59 Å². The molecule has 2 aromatic rings. The average Bonchev–Trinajstić information content (AvgIpc) is 3.24. The molecule has 1 aromatic heterocycles. The first-order chi connectivity index (χ1) is 13.2. The molecule has 0 bridgehead atoms. The van der Waals surface area contributed by atoms with E-state index in [0.717, 1.165) is 38.0 Å². The molecule has 0 spiro atoms. The second-order valence-electron chi connectivity index (χ2n) is 7.02. The second-order valence-corrected chi connectivity index (χ2v) is 7.02. The fraction of sp³-hybridized carbons (Fsp3) is 0.429. The van der Waals surface area contributed by atoms with Crippen LogP contribution in [0.3, 0.4) is 0 Å². The lowest BCUT2D eigenvalue weighted by Crippen LogP contribution is -2.52. The van der Waals surface area contributed by atoms with Crippen molar-refractivity contribution in [1.29, 1.82) is 0 Å². The molecule has 7 heteroatoms. The Morgan fingerprint density at radius 1 is 1.14 bits per heavy atom. The Bertz CT molecular complexity index is 729. The van der Waals surface area contributed by atoms with E-state index < -0.39 is 6.04 Å². The molecular weight excluding hydrogens is 378 g/mol. The van der Waals surface area contributed by atoms with Gasteiger partial charge in [0.05, 0.1) is 6.26 Å². The molecule has 3 rings (SSSR count). The molecular formula is C21H28ClN3O3. The van der Waals surface area contributed by atoms with Crippen molar-refractivity contribution in [2.45, 2.75) is 25.3 Å². The molecule has 0 saturated carbocycles. The molecule has 1 aliphatic rings. The number of likely N-dealkylation sites (tertiary alicyclic amines) is 1. The summed E-state index contributed by atoms with van der Waals surface area (Å²) in [5.41, 5.74) is 1.01. The lowest BCUT2D eigenvalue weighted by atomic mass is 9.95. The van der Waals surface area contributed by atoms with Crippen LogP contribution >= 0.6 is 12.4 Å². The summed E-state index contributed by atoms with van der Waals surface area (Å²) in [6, 6.07) is 12.4. The van der Waals surface area contributed by atoms with E-state index in [1.165, 1.54) is 6.26 Å². The van der Waals surface area contributed by atoms with Crippen LogP contribution in [0.4, 0.5) is 0 Å². The molecule has 1 fully saturated rings. The summed E-state index contributed by atoms with van der Waals surface area (Å²) < 4.78 is 5.17. The maximum Gasteiger partial charge on any atom is 0.287 e. The highest BCUT2D eigenvalue weighted by molar-refractivity contribution is 5.95. The highest BCUT2D eigenvalue weighted by Gasteiger charge is 2.30. The normalized spacial score (nSPS) is 15.5. The summed E-state index contributed by atoms with van der Waals surface area (Å²) in [6.07, 6.45) is 3.88. The second kappa shape index (κ2) is 10.9. The van der Waals surface area contributed by atoms with Gasteiger partial charge in [0.15, 0.2) is 5.76 Å². The van der Waals surface area contributed by atoms with E-state index in [0.29, 0.717) is 12.3 Å². The maximum absolute atomic E-state index is 13.1. The Morgan fingerprint density at radius 2 is 1.86 bits per heavy atom. The van der Waals surface area contributed by atoms with Crippen molar-refractivity contribution in [3.63, 3.8) is 0 Å². The van der Waals surface area contributed by atoms with E-state index in [2.05, 4.69) is 10.6 Å². The van der Waals surface area contributed by atoms with Gasteiger partial charge in [-0.25, -0.2) is 0 Å². The SMILES string of the molecule is CNCC1CCN(C(=O)C(Cc2ccccc2)NC(=O)c2ccco2)CC1.Cl. The van der Waals surface area contributed by atoms with Gasteiger partial charge in [0.25, 0.3) is 5.91 Å². The standard InChI is InChI=1S/C21H27N3O3.ClH/c1-22-15-17-9-11-24(12-10-17)21(26)18(14-16-6-3-2-4-7-16)23-20(25)19-8-5-13-27-19;/h2-8,13,17-18,22H,9-12,14-15H2,1H3,(H,23,25);1H. The van der Waals surface area contributed by atoms with Gasteiger partial charge in [-0.05, 0) is 50.0 Å². The van der Waals surface area contributed by atoms with Crippen LogP contribution < -0.4 is 10.6 Å². The summed E-state index contributed by atoms with van der Waals surface area (Å²) in [6.45, 7) is 2.44. The molecule has 0 radical (unpaired) electrons. The third-order valence-corrected chi connectivity index (χ3v) is 5.05. The van der Waals surface area contributed by atoms with Crippen LogP contribution in [0.25, 0.3) is 0 Å². The van der Waals surface area contributed by atoms with Gasteiger partial charge in [0.1, 0.15) is 6.04 Å². The first-order valence-electron chi connectivity index (χ1n) is 9.49. The molecule has 1 saturated heterocycles. The lowest BCUT2D eigenvalue weighted by Gasteiger charge is -2.34. The predicted molar refractivity (Wildman–Crippen MR) is 111 cm³/mol. The number of benzene rings is 1. The first kappa shape index (κ1) is 22.0. The molecule has 6 nitrogen and oxygen atoms in total. The number of furan rings is 1. The number of hydrogen-bond acceptors (Lipinski definition) is 4. The zero-order valence-corrected chi connectivity index (χ0v) is 16.9. The van der Waals surface area contributed by atoms with Crippen molar-refractivity contribution in [2.75, 3.05) is 26.7 Å². The monoisotopic (exact) mass is 405 g/mol. The van der Waals surface area contributed by atoms with Crippen LogP contribution in [-0.2, 0) is 11.2 Å². The van der Waals surface area contributed by atoms with E-state index in [1.807, 2.05) is 42.3 Å². The predicted octanol–water partition coefficient (Wildman–Crippen LogP) is 2.50. The molecule has 1 aromatic carbocycles. The van der Waals surface area contributed by atoms with Crippen molar-refractivity contribution in [1.82, 2.24) is 15.5 Å². The number of amides is 2. The first-order valence-corrected chi connectivity index (χ1v) is 9.49. The van der Waals surface area contributed by atoms with Crippen LogP contribution in [0.5, 0.6) is 0 Å². The quantitative estimate of drug-likeness (QED) is 0.742. The van der Waals surface area contributed by atoms with E-state index >= 15 is 0 Å². The topological polar surface area (TPSA) is 74.6 Å². The van der Waals surface area contributed by atoms with E-state index in [1.54, 1.807) is 12.1 Å². The maximum atomic E-state index is 13.1. The fourth-order valence-electron chi connectivity index (χ4n) is 3.55. The van der Waals surface area contributed by atoms with Gasteiger partial charge in [0.2, 0.25) is 5.91 Å².